The van der Waals surface area contributed by atoms with Crippen molar-refractivity contribution in [3.8, 4) is 0 Å². The minimum Gasteiger partial charge on any atom is -0.387 e. The van der Waals surface area contributed by atoms with Crippen LogP contribution in [0.5, 0.6) is 0 Å². The molecule has 4 atom stereocenters. The molecule has 0 spiro atoms. The minimum absolute atomic E-state index is 0.368. The number of aliphatic hydroxyl groups is 1. The van der Waals surface area contributed by atoms with Crippen molar-refractivity contribution in [2.24, 2.45) is 17.8 Å². The Morgan fingerprint density at radius 3 is 2.62 bits per heavy atom. The van der Waals surface area contributed by atoms with Crippen molar-refractivity contribution in [3.05, 3.63) is 34.9 Å². The van der Waals surface area contributed by atoms with E-state index in [2.05, 4.69) is 44.0 Å². The number of benzene rings is 1. The first-order valence-corrected chi connectivity index (χ1v) is 8.46. The van der Waals surface area contributed by atoms with Crippen LogP contribution >= 0.6 is 0 Å². The molecule has 2 bridgehead atoms. The van der Waals surface area contributed by atoms with Crippen LogP contribution in [0.1, 0.15) is 48.5 Å². The molecule has 0 saturated heterocycles. The number of likely N-dealkylation sites (N-methyl/N-ethyl adjacent to an activating group) is 1. The van der Waals surface area contributed by atoms with E-state index in [1.165, 1.54) is 36.8 Å². The first kappa shape index (κ1) is 15.1. The van der Waals surface area contributed by atoms with Crippen molar-refractivity contribution in [1.29, 1.82) is 0 Å². The smallest absolute Gasteiger partial charge is 0.0916 e. The average Bonchev–Trinajstić information content (AvgIpc) is 3.04. The Kier molecular flexibility index (Phi) is 4.37. The molecule has 0 heterocycles. The van der Waals surface area contributed by atoms with E-state index in [-0.39, 0.29) is 6.10 Å². The number of aryl methyl sites for hydroxylation is 2. The predicted octanol–water partition coefficient (Wildman–Crippen LogP) is 3.70. The Hall–Kier alpha value is -0.860. The van der Waals surface area contributed by atoms with Crippen LogP contribution in [0.15, 0.2) is 18.2 Å². The summed E-state index contributed by atoms with van der Waals surface area (Å²) in [5.41, 5.74) is 3.61. The Labute approximate surface area is 129 Å². The third-order valence-corrected chi connectivity index (χ3v) is 5.83. The molecule has 21 heavy (non-hydrogen) atoms. The van der Waals surface area contributed by atoms with Gasteiger partial charge in [0.2, 0.25) is 0 Å². The van der Waals surface area contributed by atoms with Crippen LogP contribution in [0, 0.1) is 31.6 Å². The van der Waals surface area contributed by atoms with Crippen molar-refractivity contribution in [2.75, 3.05) is 20.1 Å². The van der Waals surface area contributed by atoms with Gasteiger partial charge < -0.3 is 10.0 Å². The molecule has 2 aliphatic rings. The summed E-state index contributed by atoms with van der Waals surface area (Å²) in [4.78, 5) is 2.34. The van der Waals surface area contributed by atoms with E-state index in [1.54, 1.807) is 0 Å². The second-order valence-corrected chi connectivity index (χ2v) is 7.52. The first-order chi connectivity index (χ1) is 10.0. The SMILES string of the molecule is Cc1ccc(C(O)CN(C)CC2CC3CCC2C3)cc1C. The summed E-state index contributed by atoms with van der Waals surface area (Å²) < 4.78 is 0. The minimum atomic E-state index is -0.368. The van der Waals surface area contributed by atoms with E-state index in [0.29, 0.717) is 0 Å². The van der Waals surface area contributed by atoms with Crippen molar-refractivity contribution in [1.82, 2.24) is 4.90 Å². The molecule has 1 aromatic carbocycles. The third kappa shape index (κ3) is 3.32. The molecule has 1 N–H and O–H groups in total. The summed E-state index contributed by atoms with van der Waals surface area (Å²) in [5, 5.41) is 10.5. The standard InChI is InChI=1S/C19H29NO/c1-13-4-6-17(8-14(13)2)19(21)12-20(3)11-18-10-15-5-7-16(18)9-15/h4,6,8,15-16,18-19,21H,5,7,9-12H2,1-3H3. The lowest BCUT2D eigenvalue weighted by Gasteiger charge is -2.28. The maximum Gasteiger partial charge on any atom is 0.0916 e. The highest BCUT2D eigenvalue weighted by Gasteiger charge is 2.39. The molecule has 0 radical (unpaired) electrons. The maximum absolute atomic E-state index is 10.5. The fourth-order valence-corrected chi connectivity index (χ4v) is 4.45. The molecular weight excluding hydrogens is 258 g/mol. The Morgan fingerprint density at radius 2 is 2.00 bits per heavy atom. The lowest BCUT2D eigenvalue weighted by atomic mass is 9.88. The zero-order valence-corrected chi connectivity index (χ0v) is 13.7. The Morgan fingerprint density at radius 1 is 1.19 bits per heavy atom. The molecule has 0 aromatic heterocycles. The van der Waals surface area contributed by atoms with Gasteiger partial charge in [-0.2, -0.15) is 0 Å². The van der Waals surface area contributed by atoms with Crippen LogP contribution < -0.4 is 0 Å². The van der Waals surface area contributed by atoms with E-state index in [0.717, 1.165) is 36.4 Å². The van der Waals surface area contributed by atoms with Crippen LogP contribution in [0.3, 0.4) is 0 Å². The quantitative estimate of drug-likeness (QED) is 0.892. The summed E-state index contributed by atoms with van der Waals surface area (Å²) in [7, 11) is 2.16. The molecule has 4 unspecified atom stereocenters. The molecule has 0 amide bonds. The van der Waals surface area contributed by atoms with Gasteiger partial charge in [-0.05, 0) is 74.6 Å². The molecular formula is C19H29NO. The van der Waals surface area contributed by atoms with Gasteiger partial charge in [-0.3, -0.25) is 0 Å². The number of rotatable bonds is 5. The second-order valence-electron chi connectivity index (χ2n) is 7.52. The fraction of sp³-hybridized carbons (Fsp3) is 0.684. The van der Waals surface area contributed by atoms with Gasteiger partial charge >= 0.3 is 0 Å². The van der Waals surface area contributed by atoms with Crippen LogP contribution in [0.2, 0.25) is 0 Å². The van der Waals surface area contributed by atoms with E-state index in [4.69, 9.17) is 0 Å². The average molecular weight is 287 g/mol. The number of nitrogens with zero attached hydrogens (tertiary/aromatic N) is 1. The number of fused-ring (bicyclic) bond motifs is 2. The van der Waals surface area contributed by atoms with Gasteiger partial charge in [0.05, 0.1) is 6.10 Å². The van der Waals surface area contributed by atoms with Crippen molar-refractivity contribution < 1.29 is 5.11 Å². The van der Waals surface area contributed by atoms with Gasteiger partial charge in [0.1, 0.15) is 0 Å². The monoisotopic (exact) mass is 287 g/mol. The van der Waals surface area contributed by atoms with Crippen molar-refractivity contribution >= 4 is 0 Å². The van der Waals surface area contributed by atoms with Crippen LogP contribution in [-0.4, -0.2) is 30.1 Å². The van der Waals surface area contributed by atoms with Gasteiger partial charge in [0.15, 0.2) is 0 Å². The van der Waals surface area contributed by atoms with E-state index in [1.807, 2.05) is 0 Å². The van der Waals surface area contributed by atoms with Crippen molar-refractivity contribution in [3.63, 3.8) is 0 Å². The molecule has 2 heteroatoms. The summed E-state index contributed by atoms with van der Waals surface area (Å²) in [6, 6.07) is 6.31. The summed E-state index contributed by atoms with van der Waals surface area (Å²) in [6.07, 6.45) is 5.44. The number of hydrogen-bond donors (Lipinski definition) is 1. The molecule has 3 rings (SSSR count). The second kappa shape index (κ2) is 6.10. The number of hydrogen-bond acceptors (Lipinski definition) is 2. The topological polar surface area (TPSA) is 23.5 Å². The van der Waals surface area contributed by atoms with Crippen molar-refractivity contribution in [2.45, 2.75) is 45.6 Å². The van der Waals surface area contributed by atoms with Gasteiger partial charge in [-0.25, -0.2) is 0 Å². The Bertz CT molecular complexity index is 498. The summed E-state index contributed by atoms with van der Waals surface area (Å²) >= 11 is 0. The zero-order valence-electron chi connectivity index (χ0n) is 13.7. The predicted molar refractivity (Wildman–Crippen MR) is 87.3 cm³/mol. The lowest BCUT2D eigenvalue weighted by Crippen LogP contribution is -2.32. The van der Waals surface area contributed by atoms with E-state index < -0.39 is 0 Å². The highest BCUT2D eigenvalue weighted by atomic mass is 16.3. The summed E-state index contributed by atoms with van der Waals surface area (Å²) in [5.74, 6) is 2.86. The largest absolute Gasteiger partial charge is 0.387 e. The third-order valence-electron chi connectivity index (χ3n) is 5.83. The molecule has 2 aliphatic carbocycles. The molecule has 1 aromatic rings. The van der Waals surface area contributed by atoms with Gasteiger partial charge in [-0.1, -0.05) is 24.6 Å². The molecule has 2 fully saturated rings. The van der Waals surface area contributed by atoms with Gasteiger partial charge in [-0.15, -0.1) is 0 Å². The molecule has 0 aliphatic heterocycles. The lowest BCUT2D eigenvalue weighted by molar-refractivity contribution is 0.110. The number of aliphatic hydroxyl groups excluding tert-OH is 1. The van der Waals surface area contributed by atoms with E-state index in [9.17, 15) is 5.11 Å². The molecule has 2 saturated carbocycles. The normalized spacial score (nSPS) is 29.3. The van der Waals surface area contributed by atoms with Gasteiger partial charge in [0, 0.05) is 13.1 Å². The summed E-state index contributed by atoms with van der Waals surface area (Å²) in [6.45, 7) is 6.14. The van der Waals surface area contributed by atoms with E-state index >= 15 is 0 Å². The van der Waals surface area contributed by atoms with Crippen LogP contribution in [0.4, 0.5) is 0 Å². The molecule has 2 nitrogen and oxygen atoms in total. The van der Waals surface area contributed by atoms with Crippen LogP contribution in [0.25, 0.3) is 0 Å². The highest BCUT2D eigenvalue weighted by Crippen LogP contribution is 2.48. The maximum atomic E-state index is 10.5. The van der Waals surface area contributed by atoms with Crippen LogP contribution in [-0.2, 0) is 0 Å². The molecule has 116 valence electrons. The Balaban J connectivity index is 1.54. The highest BCUT2D eigenvalue weighted by molar-refractivity contribution is 5.31. The first-order valence-electron chi connectivity index (χ1n) is 8.46. The zero-order chi connectivity index (χ0) is 15.0. The fourth-order valence-electron chi connectivity index (χ4n) is 4.45. The van der Waals surface area contributed by atoms with Gasteiger partial charge in [0.25, 0.3) is 0 Å².